The van der Waals surface area contributed by atoms with Crippen molar-refractivity contribution < 1.29 is 14.3 Å². The first kappa shape index (κ1) is 15.7. The number of methoxy groups -OCH3 is 1. The molecule has 0 saturated heterocycles. The number of benzene rings is 2. The maximum atomic E-state index is 11.8. The zero-order valence-electron chi connectivity index (χ0n) is 11.4. The van der Waals surface area contributed by atoms with Gasteiger partial charge < -0.3 is 15.2 Å². The van der Waals surface area contributed by atoms with Crippen LogP contribution < -0.4 is 10.5 Å². The molecule has 0 aliphatic heterocycles. The highest BCUT2D eigenvalue weighted by Gasteiger charge is 2.19. The Morgan fingerprint density at radius 2 is 2.00 bits per heavy atom. The van der Waals surface area contributed by atoms with Gasteiger partial charge in [0.05, 0.1) is 16.6 Å². The van der Waals surface area contributed by atoms with Gasteiger partial charge in [0, 0.05) is 5.69 Å². The van der Waals surface area contributed by atoms with Gasteiger partial charge in [0.2, 0.25) is 0 Å². The number of nitrogen functional groups attached to an aromatic ring is 1. The number of hydrogen-bond acceptors (Lipinski definition) is 4. The third-order valence-electron chi connectivity index (χ3n) is 2.77. The molecule has 4 nitrogen and oxygen atoms in total. The smallest absolute Gasteiger partial charge is 0.341 e. The molecule has 0 amide bonds. The molecule has 0 bridgehead atoms. The van der Waals surface area contributed by atoms with E-state index in [1.54, 1.807) is 6.07 Å². The molecule has 0 fully saturated rings. The van der Waals surface area contributed by atoms with Crippen LogP contribution in [0.3, 0.4) is 0 Å². The average molecular weight is 371 g/mol. The monoisotopic (exact) mass is 369 g/mol. The molecule has 21 heavy (non-hydrogen) atoms. The Bertz CT molecular complexity index is 704. The summed E-state index contributed by atoms with van der Waals surface area (Å²) >= 11 is 9.55. The van der Waals surface area contributed by atoms with Crippen molar-refractivity contribution in [2.45, 2.75) is 6.92 Å². The van der Waals surface area contributed by atoms with Crippen LogP contribution in [0.25, 0.3) is 0 Å². The Morgan fingerprint density at radius 3 is 2.62 bits per heavy atom. The standard InChI is InChI=1S/C15H13BrClNO3/c1-8-3-4-13(11(16)5-8)21-14-10(15(19)20-2)6-9(18)7-12(14)17/h3-7H,18H2,1-2H3. The fraction of sp³-hybridized carbons (Fsp3) is 0.133. The molecule has 0 aliphatic carbocycles. The van der Waals surface area contributed by atoms with Crippen LogP contribution in [-0.4, -0.2) is 13.1 Å². The molecule has 0 spiro atoms. The third kappa shape index (κ3) is 3.49. The molecule has 0 aliphatic rings. The quantitative estimate of drug-likeness (QED) is 0.635. The predicted octanol–water partition coefficient (Wildman–Crippen LogP) is 4.57. The first-order valence-electron chi connectivity index (χ1n) is 6.03. The number of hydrogen-bond donors (Lipinski definition) is 1. The van der Waals surface area contributed by atoms with Crippen molar-refractivity contribution in [3.05, 3.63) is 51.0 Å². The fourth-order valence-electron chi connectivity index (χ4n) is 1.78. The van der Waals surface area contributed by atoms with E-state index < -0.39 is 5.97 Å². The summed E-state index contributed by atoms with van der Waals surface area (Å²) in [4.78, 5) is 11.8. The second kappa shape index (κ2) is 6.37. The third-order valence-corrected chi connectivity index (χ3v) is 3.67. The van der Waals surface area contributed by atoms with Crippen molar-refractivity contribution in [2.24, 2.45) is 0 Å². The Kier molecular flexibility index (Phi) is 4.75. The highest BCUT2D eigenvalue weighted by molar-refractivity contribution is 9.10. The summed E-state index contributed by atoms with van der Waals surface area (Å²) in [5, 5.41) is 0.239. The summed E-state index contributed by atoms with van der Waals surface area (Å²) in [5.41, 5.74) is 7.31. The number of halogens is 2. The van der Waals surface area contributed by atoms with Crippen LogP contribution >= 0.6 is 27.5 Å². The number of nitrogens with two attached hydrogens (primary N) is 1. The van der Waals surface area contributed by atoms with E-state index in [2.05, 4.69) is 15.9 Å². The molecule has 0 saturated carbocycles. The van der Waals surface area contributed by atoms with Gasteiger partial charge in [-0.1, -0.05) is 17.7 Å². The number of aryl methyl sites for hydroxylation is 1. The maximum Gasteiger partial charge on any atom is 0.341 e. The van der Waals surface area contributed by atoms with Gasteiger partial charge in [0.1, 0.15) is 11.3 Å². The predicted molar refractivity (Wildman–Crippen MR) is 86.2 cm³/mol. The second-order valence-corrected chi connectivity index (χ2v) is 5.67. The molecule has 2 aromatic carbocycles. The van der Waals surface area contributed by atoms with Gasteiger partial charge in [0.25, 0.3) is 0 Å². The van der Waals surface area contributed by atoms with Gasteiger partial charge in [-0.15, -0.1) is 0 Å². The zero-order chi connectivity index (χ0) is 15.6. The molecule has 0 atom stereocenters. The lowest BCUT2D eigenvalue weighted by Crippen LogP contribution is -2.05. The molecule has 0 unspecified atom stereocenters. The van der Waals surface area contributed by atoms with Crippen LogP contribution in [0.1, 0.15) is 15.9 Å². The van der Waals surface area contributed by atoms with E-state index in [0.29, 0.717) is 11.4 Å². The fourth-order valence-corrected chi connectivity index (χ4v) is 2.62. The highest BCUT2D eigenvalue weighted by Crippen LogP contribution is 2.38. The molecular weight excluding hydrogens is 358 g/mol. The molecule has 110 valence electrons. The summed E-state index contributed by atoms with van der Waals surface area (Å²) in [6.45, 7) is 1.96. The topological polar surface area (TPSA) is 61.5 Å². The molecule has 0 radical (unpaired) electrons. The van der Waals surface area contributed by atoms with Crippen molar-refractivity contribution in [1.82, 2.24) is 0 Å². The van der Waals surface area contributed by atoms with E-state index in [1.165, 1.54) is 19.2 Å². The Morgan fingerprint density at radius 1 is 1.29 bits per heavy atom. The van der Waals surface area contributed by atoms with E-state index in [9.17, 15) is 4.79 Å². The largest absolute Gasteiger partial charge is 0.465 e. The summed E-state index contributed by atoms with van der Waals surface area (Å²) in [6, 6.07) is 8.56. The van der Waals surface area contributed by atoms with Crippen molar-refractivity contribution in [1.29, 1.82) is 0 Å². The minimum absolute atomic E-state index is 0.176. The van der Waals surface area contributed by atoms with Crippen LogP contribution in [-0.2, 0) is 4.74 Å². The molecule has 2 rings (SSSR count). The second-order valence-electron chi connectivity index (χ2n) is 4.41. The van der Waals surface area contributed by atoms with Crippen molar-refractivity contribution in [2.75, 3.05) is 12.8 Å². The molecular formula is C15H13BrClNO3. The molecule has 0 aromatic heterocycles. The van der Waals surface area contributed by atoms with Gasteiger partial charge in [-0.2, -0.15) is 0 Å². The minimum atomic E-state index is -0.567. The molecule has 2 N–H and O–H groups in total. The van der Waals surface area contributed by atoms with Gasteiger partial charge in [-0.25, -0.2) is 4.79 Å². The molecule has 0 heterocycles. The summed E-state index contributed by atoms with van der Waals surface area (Å²) < 4.78 is 11.3. The van der Waals surface area contributed by atoms with E-state index in [0.717, 1.165) is 10.0 Å². The summed E-state index contributed by atoms with van der Waals surface area (Å²) in [5.74, 6) is 0.183. The SMILES string of the molecule is COC(=O)c1cc(N)cc(Cl)c1Oc1ccc(C)cc1Br. The van der Waals surface area contributed by atoms with Crippen molar-refractivity contribution in [3.8, 4) is 11.5 Å². The average Bonchev–Trinajstić information content (AvgIpc) is 2.42. The van der Waals surface area contributed by atoms with Crippen LogP contribution in [0, 0.1) is 6.92 Å². The van der Waals surface area contributed by atoms with Gasteiger partial charge in [-0.05, 0) is 52.7 Å². The van der Waals surface area contributed by atoms with E-state index in [4.69, 9.17) is 26.8 Å². The van der Waals surface area contributed by atoms with Crippen LogP contribution in [0.2, 0.25) is 5.02 Å². The van der Waals surface area contributed by atoms with Gasteiger partial charge in [0.15, 0.2) is 5.75 Å². The maximum absolute atomic E-state index is 11.8. The van der Waals surface area contributed by atoms with Gasteiger partial charge >= 0.3 is 5.97 Å². The van der Waals surface area contributed by atoms with Crippen molar-refractivity contribution in [3.63, 3.8) is 0 Å². The minimum Gasteiger partial charge on any atom is -0.465 e. The summed E-state index contributed by atoms with van der Waals surface area (Å²) in [6.07, 6.45) is 0. The van der Waals surface area contributed by atoms with Crippen LogP contribution in [0.15, 0.2) is 34.8 Å². The molecule has 6 heteroatoms. The lowest BCUT2D eigenvalue weighted by atomic mass is 10.1. The lowest BCUT2D eigenvalue weighted by Gasteiger charge is -2.14. The van der Waals surface area contributed by atoms with E-state index >= 15 is 0 Å². The van der Waals surface area contributed by atoms with Crippen LogP contribution in [0.5, 0.6) is 11.5 Å². The number of ether oxygens (including phenoxy) is 2. The first-order chi connectivity index (χ1) is 9.92. The number of anilines is 1. The van der Waals surface area contributed by atoms with E-state index in [-0.39, 0.29) is 16.3 Å². The number of carbonyl (C=O) groups excluding carboxylic acids is 1. The van der Waals surface area contributed by atoms with E-state index in [1.807, 2.05) is 19.1 Å². The van der Waals surface area contributed by atoms with Crippen molar-refractivity contribution >= 4 is 39.2 Å². The van der Waals surface area contributed by atoms with Crippen LogP contribution in [0.4, 0.5) is 5.69 Å². The zero-order valence-corrected chi connectivity index (χ0v) is 13.8. The summed E-state index contributed by atoms with van der Waals surface area (Å²) in [7, 11) is 1.28. The number of rotatable bonds is 3. The Labute approximate surface area is 135 Å². The number of esters is 1. The Balaban J connectivity index is 2.50. The van der Waals surface area contributed by atoms with Gasteiger partial charge in [-0.3, -0.25) is 0 Å². The lowest BCUT2D eigenvalue weighted by molar-refractivity contribution is 0.0598. The molecule has 2 aromatic rings. The number of carbonyl (C=O) groups is 1. The normalized spacial score (nSPS) is 10.3. The Hall–Kier alpha value is -1.72. The highest BCUT2D eigenvalue weighted by atomic mass is 79.9. The first-order valence-corrected chi connectivity index (χ1v) is 7.21.